The SMILES string of the molecule is N#CCc1nc(C2(c3ccccc3)CCC2)n[nH]1. The van der Waals surface area contributed by atoms with E-state index in [9.17, 15) is 0 Å². The fourth-order valence-electron chi connectivity index (χ4n) is 2.59. The van der Waals surface area contributed by atoms with Crippen molar-refractivity contribution in [3.8, 4) is 6.07 Å². The van der Waals surface area contributed by atoms with Crippen molar-refractivity contribution in [3.63, 3.8) is 0 Å². The van der Waals surface area contributed by atoms with E-state index in [-0.39, 0.29) is 11.8 Å². The summed E-state index contributed by atoms with van der Waals surface area (Å²) in [7, 11) is 0. The smallest absolute Gasteiger partial charge is 0.161 e. The number of nitrogens with zero attached hydrogens (tertiary/aromatic N) is 3. The van der Waals surface area contributed by atoms with Gasteiger partial charge in [0.25, 0.3) is 0 Å². The molecule has 1 aliphatic rings. The summed E-state index contributed by atoms with van der Waals surface area (Å²) in [6.07, 6.45) is 3.66. The number of hydrogen-bond acceptors (Lipinski definition) is 3. The van der Waals surface area contributed by atoms with Gasteiger partial charge in [-0.05, 0) is 18.4 Å². The summed E-state index contributed by atoms with van der Waals surface area (Å²) in [4.78, 5) is 4.48. The van der Waals surface area contributed by atoms with Crippen LogP contribution in [0.2, 0.25) is 0 Å². The van der Waals surface area contributed by atoms with Gasteiger partial charge >= 0.3 is 0 Å². The van der Waals surface area contributed by atoms with Gasteiger partial charge in [-0.2, -0.15) is 10.4 Å². The van der Waals surface area contributed by atoms with Crippen LogP contribution in [0.3, 0.4) is 0 Å². The number of H-pyrrole nitrogens is 1. The molecule has 0 saturated heterocycles. The summed E-state index contributed by atoms with van der Waals surface area (Å²) in [6.45, 7) is 0. The van der Waals surface area contributed by atoms with Crippen LogP contribution >= 0.6 is 0 Å². The van der Waals surface area contributed by atoms with Crippen molar-refractivity contribution < 1.29 is 0 Å². The number of hydrogen-bond donors (Lipinski definition) is 1. The topological polar surface area (TPSA) is 65.4 Å². The average Bonchev–Trinajstić information content (AvgIpc) is 2.79. The van der Waals surface area contributed by atoms with Crippen molar-refractivity contribution in [2.45, 2.75) is 31.1 Å². The lowest BCUT2D eigenvalue weighted by atomic mass is 9.64. The second kappa shape index (κ2) is 4.26. The summed E-state index contributed by atoms with van der Waals surface area (Å²) in [5, 5.41) is 15.9. The Morgan fingerprint density at radius 3 is 2.67 bits per heavy atom. The zero-order valence-electron chi connectivity index (χ0n) is 10.1. The molecular formula is C14H14N4. The summed E-state index contributed by atoms with van der Waals surface area (Å²) in [6, 6.07) is 12.5. The molecular weight excluding hydrogens is 224 g/mol. The van der Waals surface area contributed by atoms with E-state index in [0.29, 0.717) is 5.82 Å². The Morgan fingerprint density at radius 1 is 1.28 bits per heavy atom. The van der Waals surface area contributed by atoms with Crippen LogP contribution in [-0.4, -0.2) is 15.2 Å². The van der Waals surface area contributed by atoms with Crippen molar-refractivity contribution >= 4 is 0 Å². The monoisotopic (exact) mass is 238 g/mol. The minimum atomic E-state index is -0.0362. The molecule has 18 heavy (non-hydrogen) atoms. The average molecular weight is 238 g/mol. The van der Waals surface area contributed by atoms with E-state index >= 15 is 0 Å². The minimum Gasteiger partial charge on any atom is -0.262 e. The molecule has 1 heterocycles. The van der Waals surface area contributed by atoms with E-state index in [4.69, 9.17) is 5.26 Å². The Morgan fingerprint density at radius 2 is 2.06 bits per heavy atom. The number of nitriles is 1. The molecule has 3 rings (SSSR count). The Balaban J connectivity index is 1.99. The van der Waals surface area contributed by atoms with Crippen LogP contribution in [0.1, 0.15) is 36.5 Å². The molecule has 0 unspecified atom stereocenters. The maximum absolute atomic E-state index is 8.68. The fourth-order valence-corrected chi connectivity index (χ4v) is 2.59. The first kappa shape index (κ1) is 11.0. The van der Waals surface area contributed by atoms with Gasteiger partial charge in [0.15, 0.2) is 5.82 Å². The number of benzene rings is 1. The highest BCUT2D eigenvalue weighted by Crippen LogP contribution is 2.47. The lowest BCUT2D eigenvalue weighted by Crippen LogP contribution is -2.36. The van der Waals surface area contributed by atoms with E-state index in [2.05, 4.69) is 45.5 Å². The summed E-state index contributed by atoms with van der Waals surface area (Å²) in [5.74, 6) is 1.50. The van der Waals surface area contributed by atoms with Gasteiger partial charge in [0.05, 0.1) is 17.9 Å². The fraction of sp³-hybridized carbons (Fsp3) is 0.357. The normalized spacial score (nSPS) is 16.8. The molecule has 1 fully saturated rings. The van der Waals surface area contributed by atoms with Gasteiger partial charge in [-0.1, -0.05) is 36.8 Å². The number of nitrogens with one attached hydrogen (secondary N) is 1. The highest BCUT2D eigenvalue weighted by Gasteiger charge is 2.43. The Kier molecular flexibility index (Phi) is 2.60. The molecule has 4 nitrogen and oxygen atoms in total. The maximum atomic E-state index is 8.68. The molecule has 1 aliphatic carbocycles. The van der Waals surface area contributed by atoms with Gasteiger partial charge in [-0.15, -0.1) is 0 Å². The van der Waals surface area contributed by atoms with Crippen LogP contribution in [0.4, 0.5) is 0 Å². The Labute approximate surface area is 106 Å². The summed E-state index contributed by atoms with van der Waals surface area (Å²) >= 11 is 0. The van der Waals surface area contributed by atoms with Crippen LogP contribution in [0.15, 0.2) is 30.3 Å². The van der Waals surface area contributed by atoms with Crippen LogP contribution in [-0.2, 0) is 11.8 Å². The molecule has 0 aliphatic heterocycles. The molecule has 1 saturated carbocycles. The van der Waals surface area contributed by atoms with E-state index in [1.165, 1.54) is 12.0 Å². The van der Waals surface area contributed by atoms with E-state index in [1.807, 2.05) is 6.07 Å². The van der Waals surface area contributed by atoms with Crippen LogP contribution in [0.5, 0.6) is 0 Å². The number of rotatable bonds is 3. The predicted molar refractivity (Wildman–Crippen MR) is 66.8 cm³/mol. The first-order valence-corrected chi connectivity index (χ1v) is 6.19. The molecule has 90 valence electrons. The van der Waals surface area contributed by atoms with Crippen LogP contribution in [0.25, 0.3) is 0 Å². The highest BCUT2D eigenvalue weighted by molar-refractivity contribution is 5.35. The third-order valence-electron chi connectivity index (χ3n) is 3.74. The molecule has 1 aromatic carbocycles. The van der Waals surface area contributed by atoms with E-state index in [0.717, 1.165) is 18.7 Å². The van der Waals surface area contributed by atoms with Crippen molar-refractivity contribution in [1.82, 2.24) is 15.2 Å². The standard InChI is InChI=1S/C14H14N4/c15-10-7-12-16-13(18-17-12)14(8-4-9-14)11-5-2-1-3-6-11/h1-3,5-6H,4,7-9H2,(H,16,17,18). The minimum absolute atomic E-state index is 0.0362. The molecule has 4 heteroatoms. The van der Waals surface area contributed by atoms with Gasteiger partial charge in [-0.25, -0.2) is 4.98 Å². The number of aromatic nitrogens is 3. The predicted octanol–water partition coefficient (Wildman–Crippen LogP) is 2.34. The molecule has 2 aromatic rings. The highest BCUT2D eigenvalue weighted by atomic mass is 15.2. The zero-order valence-corrected chi connectivity index (χ0v) is 10.1. The van der Waals surface area contributed by atoms with Crippen molar-refractivity contribution in [2.75, 3.05) is 0 Å². The molecule has 0 atom stereocenters. The van der Waals surface area contributed by atoms with Gasteiger partial charge in [0, 0.05) is 0 Å². The lowest BCUT2D eigenvalue weighted by molar-refractivity contribution is 0.286. The number of aromatic amines is 1. The molecule has 1 aromatic heterocycles. The lowest BCUT2D eigenvalue weighted by Gasteiger charge is -2.39. The van der Waals surface area contributed by atoms with Gasteiger partial charge in [0.1, 0.15) is 5.82 Å². The largest absolute Gasteiger partial charge is 0.262 e. The van der Waals surface area contributed by atoms with Crippen molar-refractivity contribution in [2.24, 2.45) is 0 Å². The molecule has 1 N–H and O–H groups in total. The Hall–Kier alpha value is -2.15. The molecule has 0 amide bonds. The first-order valence-electron chi connectivity index (χ1n) is 6.19. The zero-order chi connectivity index (χ0) is 12.4. The molecule has 0 radical (unpaired) electrons. The second-order valence-corrected chi connectivity index (χ2v) is 4.74. The van der Waals surface area contributed by atoms with Crippen LogP contribution < -0.4 is 0 Å². The van der Waals surface area contributed by atoms with Gasteiger partial charge in [-0.3, -0.25) is 5.10 Å². The van der Waals surface area contributed by atoms with Crippen molar-refractivity contribution in [3.05, 3.63) is 47.5 Å². The third-order valence-corrected chi connectivity index (χ3v) is 3.74. The third kappa shape index (κ3) is 1.60. The quantitative estimate of drug-likeness (QED) is 0.892. The van der Waals surface area contributed by atoms with Crippen molar-refractivity contribution in [1.29, 1.82) is 5.26 Å². The Bertz CT molecular complexity index is 575. The molecule has 0 bridgehead atoms. The molecule has 0 spiro atoms. The van der Waals surface area contributed by atoms with Gasteiger partial charge in [0.2, 0.25) is 0 Å². The maximum Gasteiger partial charge on any atom is 0.161 e. The summed E-state index contributed by atoms with van der Waals surface area (Å²) < 4.78 is 0. The van der Waals surface area contributed by atoms with E-state index < -0.39 is 0 Å². The first-order chi connectivity index (χ1) is 8.85. The van der Waals surface area contributed by atoms with E-state index in [1.54, 1.807) is 0 Å². The second-order valence-electron chi connectivity index (χ2n) is 4.74. The van der Waals surface area contributed by atoms with Gasteiger partial charge < -0.3 is 0 Å². The van der Waals surface area contributed by atoms with Crippen LogP contribution in [0, 0.1) is 11.3 Å². The summed E-state index contributed by atoms with van der Waals surface area (Å²) in [5.41, 5.74) is 1.24.